The number of hydrogen-bond acceptors (Lipinski definition) is 7. The van der Waals surface area contributed by atoms with E-state index in [2.05, 4.69) is 15.2 Å². The van der Waals surface area contributed by atoms with Crippen molar-refractivity contribution in [1.29, 1.82) is 0 Å². The van der Waals surface area contributed by atoms with Crippen LogP contribution in [0.5, 0.6) is 0 Å². The molecule has 1 unspecified atom stereocenters. The summed E-state index contributed by atoms with van der Waals surface area (Å²) in [5.74, 6) is 0.0423. The maximum Gasteiger partial charge on any atom is 0.243 e. The number of rotatable bonds is 5. The molecule has 2 aliphatic rings. The number of carbonyl (C=O) groups excluding carboxylic acids is 1. The maximum absolute atomic E-state index is 12.3. The number of aromatic nitrogens is 1. The van der Waals surface area contributed by atoms with Crippen molar-refractivity contribution in [2.24, 2.45) is 11.7 Å². The summed E-state index contributed by atoms with van der Waals surface area (Å²) in [6, 6.07) is -0.495. The summed E-state index contributed by atoms with van der Waals surface area (Å²) >= 11 is 1.45. The van der Waals surface area contributed by atoms with E-state index in [0.717, 1.165) is 51.4 Å². The molecule has 0 spiro atoms. The lowest BCUT2D eigenvalue weighted by Gasteiger charge is -2.26. The fourth-order valence-electron chi connectivity index (χ4n) is 2.90. The van der Waals surface area contributed by atoms with Crippen LogP contribution in [0.4, 0.5) is 5.13 Å². The van der Waals surface area contributed by atoms with Gasteiger partial charge in [-0.15, -0.1) is 11.3 Å². The van der Waals surface area contributed by atoms with Gasteiger partial charge in [-0.2, -0.15) is 0 Å². The third-order valence-electron chi connectivity index (χ3n) is 4.35. The largest absolute Gasteiger partial charge is 0.381 e. The van der Waals surface area contributed by atoms with Gasteiger partial charge in [0.25, 0.3) is 0 Å². The van der Waals surface area contributed by atoms with E-state index < -0.39 is 6.04 Å². The van der Waals surface area contributed by atoms with Gasteiger partial charge < -0.3 is 20.5 Å². The first-order valence-electron chi connectivity index (χ1n) is 8.11. The zero-order chi connectivity index (χ0) is 16.1. The van der Waals surface area contributed by atoms with Gasteiger partial charge in [-0.25, -0.2) is 4.98 Å². The van der Waals surface area contributed by atoms with Gasteiger partial charge in [-0.3, -0.25) is 9.69 Å². The van der Waals surface area contributed by atoms with E-state index in [1.807, 2.05) is 5.38 Å². The van der Waals surface area contributed by atoms with Crippen molar-refractivity contribution in [1.82, 2.24) is 9.88 Å². The average Bonchev–Trinajstić information content (AvgIpc) is 3.02. The van der Waals surface area contributed by atoms with Crippen LogP contribution in [0.25, 0.3) is 0 Å². The quantitative estimate of drug-likeness (QED) is 0.819. The Labute approximate surface area is 140 Å². The first-order valence-corrected chi connectivity index (χ1v) is 8.99. The molecule has 3 N–H and O–H groups in total. The molecule has 3 heterocycles. The number of nitrogens with one attached hydrogen (secondary N) is 1. The Morgan fingerprint density at radius 3 is 2.78 bits per heavy atom. The lowest BCUT2D eigenvalue weighted by Crippen LogP contribution is -2.44. The Kier molecular flexibility index (Phi) is 5.96. The van der Waals surface area contributed by atoms with Crippen LogP contribution in [0.3, 0.4) is 0 Å². The van der Waals surface area contributed by atoms with E-state index in [4.69, 9.17) is 15.2 Å². The highest BCUT2D eigenvalue weighted by atomic mass is 32.1. The fraction of sp³-hybridized carbons (Fsp3) is 0.733. The van der Waals surface area contributed by atoms with E-state index in [-0.39, 0.29) is 11.8 Å². The summed E-state index contributed by atoms with van der Waals surface area (Å²) < 4.78 is 10.7. The molecule has 3 rings (SSSR count). The molecule has 1 aromatic rings. The molecule has 23 heavy (non-hydrogen) atoms. The van der Waals surface area contributed by atoms with Gasteiger partial charge in [0.05, 0.1) is 24.9 Å². The number of nitrogens with zero attached hydrogens (tertiary/aromatic N) is 2. The van der Waals surface area contributed by atoms with Crippen molar-refractivity contribution in [2.75, 3.05) is 44.8 Å². The van der Waals surface area contributed by atoms with Gasteiger partial charge in [0.15, 0.2) is 5.13 Å². The molecule has 2 fully saturated rings. The number of anilines is 1. The first-order chi connectivity index (χ1) is 11.2. The highest BCUT2D eigenvalue weighted by Gasteiger charge is 2.27. The predicted molar refractivity (Wildman–Crippen MR) is 88.4 cm³/mol. The van der Waals surface area contributed by atoms with Crippen LogP contribution in [0.2, 0.25) is 0 Å². The highest BCUT2D eigenvalue weighted by Crippen LogP contribution is 2.21. The summed E-state index contributed by atoms with van der Waals surface area (Å²) in [5.41, 5.74) is 7.06. The molecule has 1 aromatic heterocycles. The van der Waals surface area contributed by atoms with Crippen LogP contribution in [0.1, 0.15) is 18.5 Å². The van der Waals surface area contributed by atoms with E-state index in [1.54, 1.807) is 0 Å². The number of ether oxygens (including phenoxy) is 2. The Morgan fingerprint density at radius 1 is 1.35 bits per heavy atom. The third-order valence-corrected chi connectivity index (χ3v) is 5.15. The minimum absolute atomic E-state index is 0.149. The molecule has 1 atom stereocenters. The Morgan fingerprint density at radius 2 is 2.04 bits per heavy atom. The normalized spacial score (nSPS) is 22.0. The average molecular weight is 340 g/mol. The van der Waals surface area contributed by atoms with E-state index in [1.165, 1.54) is 11.3 Å². The number of amides is 1. The smallest absolute Gasteiger partial charge is 0.243 e. The predicted octanol–water partition coefficient (Wildman–Crippen LogP) is 0.668. The van der Waals surface area contributed by atoms with Crippen molar-refractivity contribution < 1.29 is 14.3 Å². The Hall–Kier alpha value is -1.06. The highest BCUT2D eigenvalue weighted by molar-refractivity contribution is 7.13. The van der Waals surface area contributed by atoms with E-state index in [0.29, 0.717) is 18.3 Å². The van der Waals surface area contributed by atoms with Crippen molar-refractivity contribution in [2.45, 2.75) is 25.4 Å². The molecule has 0 saturated carbocycles. The molecule has 7 nitrogen and oxygen atoms in total. The Balaban J connectivity index is 1.50. The summed E-state index contributed by atoms with van der Waals surface area (Å²) in [4.78, 5) is 19.1. The molecular weight excluding hydrogens is 316 g/mol. The van der Waals surface area contributed by atoms with Gasteiger partial charge in [0, 0.05) is 38.2 Å². The van der Waals surface area contributed by atoms with E-state index in [9.17, 15) is 4.79 Å². The number of thiazole rings is 1. The van der Waals surface area contributed by atoms with Gasteiger partial charge in [-0.1, -0.05) is 0 Å². The standard InChI is InChI=1S/C15H24N4O3S/c16-13(11-1-5-21-6-2-11)14(20)18-15-17-12(10-23-15)9-19-3-7-22-8-4-19/h10-11,13H,1-9,16H2,(H,17,18,20). The summed E-state index contributed by atoms with van der Waals surface area (Å²) in [6.45, 7) is 5.56. The summed E-state index contributed by atoms with van der Waals surface area (Å²) in [5, 5.41) is 5.47. The number of morpholine rings is 1. The molecular formula is C15H24N4O3S. The monoisotopic (exact) mass is 340 g/mol. The summed E-state index contributed by atoms with van der Waals surface area (Å²) in [7, 11) is 0. The molecule has 0 bridgehead atoms. The molecule has 128 valence electrons. The second-order valence-electron chi connectivity index (χ2n) is 6.00. The van der Waals surface area contributed by atoms with Crippen LogP contribution >= 0.6 is 11.3 Å². The van der Waals surface area contributed by atoms with Gasteiger partial charge >= 0.3 is 0 Å². The van der Waals surface area contributed by atoms with Crippen LogP contribution in [0, 0.1) is 5.92 Å². The van der Waals surface area contributed by atoms with Gasteiger partial charge in [0.1, 0.15) is 0 Å². The Bertz CT molecular complexity index is 513. The van der Waals surface area contributed by atoms with Crippen LogP contribution in [0.15, 0.2) is 5.38 Å². The second kappa shape index (κ2) is 8.16. The topological polar surface area (TPSA) is 89.7 Å². The zero-order valence-corrected chi connectivity index (χ0v) is 14.0. The van der Waals surface area contributed by atoms with Crippen LogP contribution < -0.4 is 11.1 Å². The molecule has 2 aliphatic heterocycles. The minimum atomic E-state index is -0.495. The number of nitrogens with two attached hydrogens (primary N) is 1. The van der Waals surface area contributed by atoms with Crippen molar-refractivity contribution in [3.8, 4) is 0 Å². The lowest BCUT2D eigenvalue weighted by molar-refractivity contribution is -0.119. The van der Waals surface area contributed by atoms with Gasteiger partial charge in [-0.05, 0) is 18.8 Å². The first kappa shape index (κ1) is 16.8. The SMILES string of the molecule is NC(C(=O)Nc1nc(CN2CCOCC2)cs1)C1CCOCC1. The number of hydrogen-bond donors (Lipinski definition) is 2. The van der Waals surface area contributed by atoms with Crippen LogP contribution in [-0.4, -0.2) is 61.3 Å². The van der Waals surface area contributed by atoms with Crippen molar-refractivity contribution in [3.63, 3.8) is 0 Å². The summed E-state index contributed by atoms with van der Waals surface area (Å²) in [6.07, 6.45) is 1.68. The molecule has 0 aromatic carbocycles. The van der Waals surface area contributed by atoms with Crippen molar-refractivity contribution >= 4 is 22.4 Å². The van der Waals surface area contributed by atoms with Gasteiger partial charge in [0.2, 0.25) is 5.91 Å². The molecule has 0 aliphatic carbocycles. The lowest BCUT2D eigenvalue weighted by atomic mass is 9.92. The third kappa shape index (κ3) is 4.71. The van der Waals surface area contributed by atoms with Crippen molar-refractivity contribution in [3.05, 3.63) is 11.1 Å². The van der Waals surface area contributed by atoms with Crippen LogP contribution in [-0.2, 0) is 20.8 Å². The number of carbonyl (C=O) groups is 1. The maximum atomic E-state index is 12.3. The second-order valence-corrected chi connectivity index (χ2v) is 6.86. The molecule has 1 amide bonds. The molecule has 2 saturated heterocycles. The van der Waals surface area contributed by atoms with E-state index >= 15 is 0 Å². The zero-order valence-electron chi connectivity index (χ0n) is 13.2. The fourth-order valence-corrected chi connectivity index (χ4v) is 3.61. The molecule has 0 radical (unpaired) electrons. The minimum Gasteiger partial charge on any atom is -0.381 e. The molecule has 8 heteroatoms.